The fourth-order valence-corrected chi connectivity index (χ4v) is 2.86. The highest BCUT2D eigenvalue weighted by molar-refractivity contribution is 6.38. The summed E-state index contributed by atoms with van der Waals surface area (Å²) in [6, 6.07) is 10.9. The van der Waals surface area contributed by atoms with Crippen LogP contribution >= 0.6 is 23.2 Å². The first-order chi connectivity index (χ1) is 11.0. The topological polar surface area (TPSA) is 44.1 Å². The van der Waals surface area contributed by atoms with E-state index in [0.29, 0.717) is 34.1 Å². The summed E-state index contributed by atoms with van der Waals surface area (Å²) < 4.78 is 7.16. The maximum atomic E-state index is 12.5. The van der Waals surface area contributed by atoms with E-state index in [1.54, 1.807) is 12.1 Å². The molecule has 0 aliphatic rings. The third kappa shape index (κ3) is 3.49. The highest BCUT2D eigenvalue weighted by Gasteiger charge is 2.09. The third-order valence-corrected chi connectivity index (χ3v) is 3.94. The van der Waals surface area contributed by atoms with Gasteiger partial charge in [-0.1, -0.05) is 35.3 Å². The van der Waals surface area contributed by atoms with E-state index in [0.717, 1.165) is 11.3 Å². The number of aromatic nitrogens is 2. The molecule has 1 aromatic heterocycles. The number of fused-ring (bicyclic) bond motifs is 1. The number of ether oxygens (including phenoxy) is 1. The number of hydrogen-bond donors (Lipinski definition) is 0. The molecule has 0 unspecified atom stereocenters. The van der Waals surface area contributed by atoms with Crippen molar-refractivity contribution in [1.29, 1.82) is 0 Å². The Morgan fingerprint density at radius 1 is 1.22 bits per heavy atom. The zero-order chi connectivity index (χ0) is 16.4. The molecule has 4 nitrogen and oxygen atoms in total. The largest absolute Gasteiger partial charge is 0.492 e. The van der Waals surface area contributed by atoms with Gasteiger partial charge in [0.15, 0.2) is 0 Å². The molecule has 1 heterocycles. The van der Waals surface area contributed by atoms with Crippen LogP contribution in [0, 0.1) is 6.92 Å². The van der Waals surface area contributed by atoms with Crippen LogP contribution in [0.15, 0.2) is 47.5 Å². The van der Waals surface area contributed by atoms with Crippen molar-refractivity contribution in [3.05, 3.63) is 68.7 Å². The monoisotopic (exact) mass is 348 g/mol. The number of halogens is 2. The minimum atomic E-state index is -0.188. The maximum Gasteiger partial charge on any atom is 0.261 e. The molecule has 0 N–H and O–H groups in total. The average molecular weight is 349 g/mol. The number of rotatable bonds is 4. The Morgan fingerprint density at radius 2 is 2.04 bits per heavy atom. The Labute approximate surface area is 143 Å². The summed E-state index contributed by atoms with van der Waals surface area (Å²) in [4.78, 5) is 16.7. The molecule has 23 heavy (non-hydrogen) atoms. The smallest absolute Gasteiger partial charge is 0.261 e. The van der Waals surface area contributed by atoms with Crippen LogP contribution in [-0.2, 0) is 6.54 Å². The fraction of sp³-hybridized carbons (Fsp3) is 0.176. The van der Waals surface area contributed by atoms with Gasteiger partial charge in [-0.3, -0.25) is 9.36 Å². The number of aryl methyl sites for hydroxylation is 1. The lowest BCUT2D eigenvalue weighted by Crippen LogP contribution is -2.23. The summed E-state index contributed by atoms with van der Waals surface area (Å²) in [6.45, 7) is 2.75. The molecular weight excluding hydrogens is 335 g/mol. The summed E-state index contributed by atoms with van der Waals surface area (Å²) >= 11 is 12.0. The molecule has 6 heteroatoms. The van der Waals surface area contributed by atoms with Crippen molar-refractivity contribution in [3.63, 3.8) is 0 Å². The van der Waals surface area contributed by atoms with Gasteiger partial charge in [-0.2, -0.15) is 0 Å². The summed E-state index contributed by atoms with van der Waals surface area (Å²) in [5, 5.41) is 1.18. The van der Waals surface area contributed by atoms with Crippen molar-refractivity contribution in [2.75, 3.05) is 6.61 Å². The van der Waals surface area contributed by atoms with Crippen LogP contribution in [0.25, 0.3) is 10.9 Å². The predicted octanol–water partition coefficient (Wildman–Crippen LogP) is 4.09. The van der Waals surface area contributed by atoms with Gasteiger partial charge >= 0.3 is 0 Å². The first-order valence-corrected chi connectivity index (χ1v) is 7.84. The molecule has 0 atom stereocenters. The summed E-state index contributed by atoms with van der Waals surface area (Å²) in [5.41, 5.74) is 1.39. The van der Waals surface area contributed by atoms with E-state index < -0.39 is 0 Å². The molecule has 0 spiro atoms. The molecule has 0 amide bonds. The van der Waals surface area contributed by atoms with E-state index >= 15 is 0 Å². The second-order valence-electron chi connectivity index (χ2n) is 5.19. The van der Waals surface area contributed by atoms with E-state index in [-0.39, 0.29) is 5.56 Å². The van der Waals surface area contributed by atoms with Gasteiger partial charge in [-0.25, -0.2) is 4.98 Å². The van der Waals surface area contributed by atoms with Gasteiger partial charge in [-0.05, 0) is 36.8 Å². The van der Waals surface area contributed by atoms with E-state index in [2.05, 4.69) is 4.98 Å². The van der Waals surface area contributed by atoms with Crippen LogP contribution in [0.1, 0.15) is 5.56 Å². The first kappa shape index (κ1) is 15.8. The Kier molecular flexibility index (Phi) is 4.55. The van der Waals surface area contributed by atoms with E-state index in [1.165, 1.54) is 10.9 Å². The van der Waals surface area contributed by atoms with Crippen LogP contribution < -0.4 is 10.3 Å². The average Bonchev–Trinajstić information content (AvgIpc) is 2.50. The van der Waals surface area contributed by atoms with Crippen LogP contribution in [0.5, 0.6) is 5.75 Å². The van der Waals surface area contributed by atoms with Crippen molar-refractivity contribution in [3.8, 4) is 5.75 Å². The summed E-state index contributed by atoms with van der Waals surface area (Å²) in [6.07, 6.45) is 1.48. The molecule has 0 fully saturated rings. The van der Waals surface area contributed by atoms with Crippen molar-refractivity contribution >= 4 is 34.1 Å². The van der Waals surface area contributed by atoms with Gasteiger partial charge in [0.05, 0.1) is 28.8 Å². The van der Waals surface area contributed by atoms with E-state index in [1.807, 2.05) is 31.2 Å². The van der Waals surface area contributed by atoms with Crippen molar-refractivity contribution in [2.45, 2.75) is 13.5 Å². The lowest BCUT2D eigenvalue weighted by Gasteiger charge is -2.09. The zero-order valence-electron chi connectivity index (χ0n) is 12.4. The molecule has 2 aromatic carbocycles. The van der Waals surface area contributed by atoms with Gasteiger partial charge in [0.25, 0.3) is 5.56 Å². The highest BCUT2D eigenvalue weighted by atomic mass is 35.5. The van der Waals surface area contributed by atoms with Crippen LogP contribution in [-0.4, -0.2) is 16.2 Å². The van der Waals surface area contributed by atoms with Crippen LogP contribution in [0.3, 0.4) is 0 Å². The number of nitrogens with zero attached hydrogens (tertiary/aromatic N) is 2. The molecule has 0 aliphatic heterocycles. The quantitative estimate of drug-likeness (QED) is 0.713. The van der Waals surface area contributed by atoms with E-state index in [9.17, 15) is 4.79 Å². The van der Waals surface area contributed by atoms with Gasteiger partial charge in [0, 0.05) is 5.02 Å². The molecule has 0 radical (unpaired) electrons. The Hall–Kier alpha value is -2.04. The third-order valence-electron chi connectivity index (χ3n) is 3.44. The minimum Gasteiger partial charge on any atom is -0.492 e. The highest BCUT2D eigenvalue weighted by Crippen LogP contribution is 2.23. The second-order valence-corrected chi connectivity index (χ2v) is 6.04. The second kappa shape index (κ2) is 6.60. The molecule has 0 aliphatic carbocycles. The standard InChI is InChI=1S/C17H14Cl2N2O2/c1-11-3-2-4-13(7-11)23-6-5-21-10-20-16-14(17(21)22)8-12(18)9-15(16)19/h2-4,7-10H,5-6H2,1H3. The van der Waals surface area contributed by atoms with Crippen molar-refractivity contribution in [1.82, 2.24) is 9.55 Å². The summed E-state index contributed by atoms with van der Waals surface area (Å²) in [7, 11) is 0. The fourth-order valence-electron chi connectivity index (χ4n) is 2.32. The normalized spacial score (nSPS) is 10.9. The van der Waals surface area contributed by atoms with Gasteiger partial charge in [0.2, 0.25) is 0 Å². The first-order valence-electron chi connectivity index (χ1n) is 7.08. The van der Waals surface area contributed by atoms with Crippen molar-refractivity contribution in [2.24, 2.45) is 0 Å². The summed E-state index contributed by atoms with van der Waals surface area (Å²) in [5.74, 6) is 0.776. The lowest BCUT2D eigenvalue weighted by atomic mass is 10.2. The molecule has 3 rings (SSSR count). The maximum absolute atomic E-state index is 12.5. The molecule has 118 valence electrons. The molecule has 0 saturated heterocycles. The zero-order valence-corrected chi connectivity index (χ0v) is 13.9. The predicted molar refractivity (Wildman–Crippen MR) is 92.7 cm³/mol. The number of benzene rings is 2. The molecular formula is C17H14Cl2N2O2. The Bertz CT molecular complexity index is 922. The molecule has 0 saturated carbocycles. The van der Waals surface area contributed by atoms with E-state index in [4.69, 9.17) is 27.9 Å². The SMILES string of the molecule is Cc1cccc(OCCn2cnc3c(Cl)cc(Cl)cc3c2=O)c1. The van der Waals surface area contributed by atoms with Crippen LogP contribution in [0.2, 0.25) is 10.0 Å². The number of hydrogen-bond acceptors (Lipinski definition) is 3. The van der Waals surface area contributed by atoms with Crippen LogP contribution in [0.4, 0.5) is 0 Å². The molecule has 3 aromatic rings. The Morgan fingerprint density at radius 3 is 2.83 bits per heavy atom. The van der Waals surface area contributed by atoms with Gasteiger partial charge in [-0.15, -0.1) is 0 Å². The van der Waals surface area contributed by atoms with Gasteiger partial charge < -0.3 is 4.74 Å². The van der Waals surface area contributed by atoms with Gasteiger partial charge in [0.1, 0.15) is 12.4 Å². The van der Waals surface area contributed by atoms with Crippen molar-refractivity contribution < 1.29 is 4.74 Å². The molecule has 0 bridgehead atoms. The minimum absolute atomic E-state index is 0.188. The Balaban J connectivity index is 1.81. The lowest BCUT2D eigenvalue weighted by molar-refractivity contribution is 0.296.